The fourth-order valence-electron chi connectivity index (χ4n) is 1.64. The predicted octanol–water partition coefficient (Wildman–Crippen LogP) is 0.231. The Morgan fingerprint density at radius 2 is 2.00 bits per heavy atom. The number of likely N-dealkylation sites (N-methyl/N-ethyl adjacent to an activating group) is 1. The Labute approximate surface area is 74.5 Å². The van der Waals surface area contributed by atoms with E-state index in [2.05, 4.69) is 21.1 Å². The number of aliphatic hydroxyl groups excluding tert-OH is 1. The zero-order valence-electron chi connectivity index (χ0n) is 8.45. The van der Waals surface area contributed by atoms with Gasteiger partial charge in [0.1, 0.15) is 12.6 Å². The Balaban J connectivity index is 2.38. The number of rotatable bonds is 2. The Kier molecular flexibility index (Phi) is 2.76. The average molecular weight is 174 g/mol. The van der Waals surface area contributed by atoms with Gasteiger partial charge in [0.2, 0.25) is 0 Å². The molecule has 0 aromatic heterocycles. The van der Waals surface area contributed by atoms with Crippen molar-refractivity contribution < 1.29 is 14.3 Å². The van der Waals surface area contributed by atoms with Crippen molar-refractivity contribution in [2.45, 2.75) is 31.7 Å². The number of nitrogens with zero attached hydrogens (tertiary/aromatic N) is 1. The van der Waals surface area contributed by atoms with Gasteiger partial charge in [-0.3, -0.25) is 0 Å². The van der Waals surface area contributed by atoms with Crippen molar-refractivity contribution in [2.75, 3.05) is 27.7 Å². The highest BCUT2D eigenvalue weighted by atomic mass is 16.5. The standard InChI is InChI=1S/C9H20NO2/c1-7-9(11)5-8(12-7)6-10(2,3)4/h7-9,11H,5-6H2,1-4H3/q+1/t7?,8?,9-/m0/s1. The Morgan fingerprint density at radius 1 is 1.42 bits per heavy atom. The highest BCUT2D eigenvalue weighted by Gasteiger charge is 2.33. The summed E-state index contributed by atoms with van der Waals surface area (Å²) in [5.41, 5.74) is 0. The van der Waals surface area contributed by atoms with Crippen molar-refractivity contribution in [1.29, 1.82) is 0 Å². The average Bonchev–Trinajstić information content (AvgIpc) is 2.07. The van der Waals surface area contributed by atoms with Crippen LogP contribution in [0.2, 0.25) is 0 Å². The van der Waals surface area contributed by atoms with Crippen molar-refractivity contribution >= 4 is 0 Å². The number of hydrogen-bond acceptors (Lipinski definition) is 2. The van der Waals surface area contributed by atoms with Gasteiger partial charge in [0.25, 0.3) is 0 Å². The second-order valence-corrected chi connectivity index (χ2v) is 4.74. The number of hydrogen-bond donors (Lipinski definition) is 1. The summed E-state index contributed by atoms with van der Waals surface area (Å²) in [5.74, 6) is 0. The molecule has 1 fully saturated rings. The fourth-order valence-corrected chi connectivity index (χ4v) is 1.64. The van der Waals surface area contributed by atoms with Gasteiger partial charge in [0, 0.05) is 6.42 Å². The molecule has 0 saturated carbocycles. The van der Waals surface area contributed by atoms with Gasteiger partial charge in [-0.1, -0.05) is 0 Å². The monoisotopic (exact) mass is 174 g/mol. The molecule has 0 aromatic carbocycles. The van der Waals surface area contributed by atoms with E-state index in [1.165, 1.54) is 0 Å². The summed E-state index contributed by atoms with van der Waals surface area (Å²) >= 11 is 0. The molecular weight excluding hydrogens is 154 g/mol. The van der Waals surface area contributed by atoms with E-state index in [0.29, 0.717) is 0 Å². The zero-order valence-corrected chi connectivity index (χ0v) is 8.45. The molecule has 0 aromatic rings. The number of aliphatic hydroxyl groups is 1. The van der Waals surface area contributed by atoms with Crippen LogP contribution in [0, 0.1) is 0 Å². The van der Waals surface area contributed by atoms with E-state index >= 15 is 0 Å². The molecule has 0 radical (unpaired) electrons. The SMILES string of the molecule is CC1OC(C[N+](C)(C)C)C[C@@H]1O. The zero-order chi connectivity index (χ0) is 9.35. The molecule has 3 nitrogen and oxygen atoms in total. The van der Waals surface area contributed by atoms with Gasteiger partial charge in [-0.15, -0.1) is 0 Å². The first kappa shape index (κ1) is 9.96. The molecule has 2 unspecified atom stereocenters. The van der Waals surface area contributed by atoms with Gasteiger partial charge >= 0.3 is 0 Å². The molecule has 1 heterocycles. The minimum atomic E-state index is -0.262. The van der Waals surface area contributed by atoms with Crippen LogP contribution in [-0.4, -0.2) is 55.6 Å². The molecule has 1 N–H and O–H groups in total. The predicted molar refractivity (Wildman–Crippen MR) is 47.9 cm³/mol. The molecule has 3 atom stereocenters. The smallest absolute Gasteiger partial charge is 0.109 e. The normalized spacial score (nSPS) is 37.2. The second-order valence-electron chi connectivity index (χ2n) is 4.74. The minimum Gasteiger partial charge on any atom is -0.390 e. The lowest BCUT2D eigenvalue weighted by atomic mass is 10.1. The van der Waals surface area contributed by atoms with Crippen molar-refractivity contribution in [3.63, 3.8) is 0 Å². The van der Waals surface area contributed by atoms with Gasteiger partial charge in [-0.2, -0.15) is 0 Å². The highest BCUT2D eigenvalue weighted by molar-refractivity contribution is 4.78. The fraction of sp³-hybridized carbons (Fsp3) is 1.00. The van der Waals surface area contributed by atoms with Crippen LogP contribution in [0.15, 0.2) is 0 Å². The molecule has 0 amide bonds. The summed E-state index contributed by atoms with van der Waals surface area (Å²) in [7, 11) is 6.41. The van der Waals surface area contributed by atoms with Gasteiger partial charge < -0.3 is 14.3 Å². The van der Waals surface area contributed by atoms with Crippen LogP contribution in [0.1, 0.15) is 13.3 Å². The van der Waals surface area contributed by atoms with E-state index in [9.17, 15) is 5.11 Å². The lowest BCUT2D eigenvalue weighted by Crippen LogP contribution is -2.41. The molecule has 12 heavy (non-hydrogen) atoms. The molecule has 1 aliphatic rings. The topological polar surface area (TPSA) is 29.5 Å². The Hall–Kier alpha value is -0.120. The molecular formula is C9H20NO2+. The maximum atomic E-state index is 9.43. The second kappa shape index (κ2) is 3.32. The van der Waals surface area contributed by atoms with E-state index in [0.717, 1.165) is 17.4 Å². The molecule has 72 valence electrons. The van der Waals surface area contributed by atoms with Crippen LogP contribution < -0.4 is 0 Å². The van der Waals surface area contributed by atoms with Crippen LogP contribution >= 0.6 is 0 Å². The molecule has 0 spiro atoms. The summed E-state index contributed by atoms with van der Waals surface area (Å²) in [6, 6.07) is 0. The lowest BCUT2D eigenvalue weighted by Gasteiger charge is -2.26. The lowest BCUT2D eigenvalue weighted by molar-refractivity contribution is -0.873. The van der Waals surface area contributed by atoms with Gasteiger partial charge in [-0.05, 0) is 6.92 Å². The van der Waals surface area contributed by atoms with Crippen LogP contribution in [-0.2, 0) is 4.74 Å². The Bertz CT molecular complexity index is 143. The van der Waals surface area contributed by atoms with E-state index in [4.69, 9.17) is 4.74 Å². The molecule has 1 saturated heterocycles. The largest absolute Gasteiger partial charge is 0.390 e. The van der Waals surface area contributed by atoms with Crippen molar-refractivity contribution in [3.8, 4) is 0 Å². The molecule has 1 rings (SSSR count). The summed E-state index contributed by atoms with van der Waals surface area (Å²) in [5, 5.41) is 9.43. The summed E-state index contributed by atoms with van der Waals surface area (Å²) < 4.78 is 6.48. The van der Waals surface area contributed by atoms with Gasteiger partial charge in [0.05, 0.1) is 33.4 Å². The van der Waals surface area contributed by atoms with Gasteiger partial charge in [0.15, 0.2) is 0 Å². The Morgan fingerprint density at radius 3 is 2.33 bits per heavy atom. The third-order valence-electron chi connectivity index (χ3n) is 2.20. The van der Waals surface area contributed by atoms with Crippen LogP contribution in [0.25, 0.3) is 0 Å². The number of ether oxygens (including phenoxy) is 1. The van der Waals surface area contributed by atoms with E-state index in [1.54, 1.807) is 0 Å². The molecule has 3 heteroatoms. The van der Waals surface area contributed by atoms with Crippen molar-refractivity contribution in [1.82, 2.24) is 0 Å². The maximum absolute atomic E-state index is 9.43. The quantitative estimate of drug-likeness (QED) is 0.607. The third kappa shape index (κ3) is 2.73. The van der Waals surface area contributed by atoms with Gasteiger partial charge in [-0.25, -0.2) is 0 Å². The van der Waals surface area contributed by atoms with E-state index in [1.807, 2.05) is 6.92 Å². The first-order chi connectivity index (χ1) is 5.38. The molecule has 0 bridgehead atoms. The molecule has 1 aliphatic heterocycles. The van der Waals surface area contributed by atoms with Crippen LogP contribution in [0.4, 0.5) is 0 Å². The van der Waals surface area contributed by atoms with Crippen LogP contribution in [0.3, 0.4) is 0 Å². The summed E-state index contributed by atoms with van der Waals surface area (Å²) in [4.78, 5) is 0. The van der Waals surface area contributed by atoms with Crippen LogP contribution in [0.5, 0.6) is 0 Å². The minimum absolute atomic E-state index is 0.0153. The third-order valence-corrected chi connectivity index (χ3v) is 2.20. The van der Waals surface area contributed by atoms with E-state index < -0.39 is 0 Å². The summed E-state index contributed by atoms with van der Waals surface area (Å²) in [6.45, 7) is 2.90. The first-order valence-corrected chi connectivity index (χ1v) is 4.52. The number of quaternary nitrogens is 1. The van der Waals surface area contributed by atoms with Crippen molar-refractivity contribution in [3.05, 3.63) is 0 Å². The van der Waals surface area contributed by atoms with E-state index in [-0.39, 0.29) is 18.3 Å². The highest BCUT2D eigenvalue weighted by Crippen LogP contribution is 2.21. The molecule has 0 aliphatic carbocycles. The first-order valence-electron chi connectivity index (χ1n) is 4.52. The summed E-state index contributed by atoms with van der Waals surface area (Å²) in [6.07, 6.45) is 0.773. The van der Waals surface area contributed by atoms with Crippen molar-refractivity contribution in [2.24, 2.45) is 0 Å². The maximum Gasteiger partial charge on any atom is 0.109 e.